The van der Waals surface area contributed by atoms with Crippen LogP contribution in [0.5, 0.6) is 5.75 Å². The van der Waals surface area contributed by atoms with Gasteiger partial charge in [-0.15, -0.1) is 0 Å². The van der Waals surface area contributed by atoms with Crippen molar-refractivity contribution < 1.29 is 9.53 Å². The normalized spacial score (nSPS) is 14.8. The summed E-state index contributed by atoms with van der Waals surface area (Å²) in [4.78, 5) is 30.4. The summed E-state index contributed by atoms with van der Waals surface area (Å²) in [7, 11) is 0. The molecule has 2 heterocycles. The van der Waals surface area contributed by atoms with Crippen LogP contribution < -0.4 is 15.6 Å². The fourth-order valence-corrected chi connectivity index (χ4v) is 3.84. The van der Waals surface area contributed by atoms with Gasteiger partial charge >= 0.3 is 0 Å². The number of pyridine rings is 1. The quantitative estimate of drug-likeness (QED) is 0.632. The van der Waals surface area contributed by atoms with Gasteiger partial charge in [-0.1, -0.05) is 38.3 Å². The molecule has 0 unspecified atom stereocenters. The number of hydrogen-bond acceptors (Lipinski definition) is 4. The van der Waals surface area contributed by atoms with Crippen LogP contribution in [0.3, 0.4) is 0 Å². The average molecular weight is 400 g/mol. The summed E-state index contributed by atoms with van der Waals surface area (Å²) in [6.45, 7) is 8.30. The number of aromatic amines is 1. The Morgan fingerprint density at radius 2 is 2.00 bits per heavy atom. The van der Waals surface area contributed by atoms with Crippen molar-refractivity contribution in [3.63, 3.8) is 0 Å². The smallest absolute Gasteiger partial charge is 0.261 e. The molecule has 3 rings (SSSR count). The highest BCUT2D eigenvalue weighted by molar-refractivity contribution is 5.98. The number of benzene rings is 1. The standard InChI is InChI=1S/C23H33N3O3/c1-3-4-8-15-29-21-17(2)9-10-18-16-19(23(28)25-20(18)21)22(27)24-11-14-26-12-6-5-7-13-26/h9-10,16H,3-8,11-15H2,1-2H3,(H,24,27)(H,25,28). The molecule has 1 aromatic heterocycles. The van der Waals surface area contributed by atoms with Gasteiger partial charge in [-0.25, -0.2) is 0 Å². The third-order valence-electron chi connectivity index (χ3n) is 5.57. The second-order valence-corrected chi connectivity index (χ2v) is 7.90. The van der Waals surface area contributed by atoms with Gasteiger partial charge in [0, 0.05) is 18.5 Å². The first-order valence-corrected chi connectivity index (χ1v) is 10.9. The number of nitrogens with zero attached hydrogens (tertiary/aromatic N) is 1. The number of H-pyrrole nitrogens is 1. The van der Waals surface area contributed by atoms with Crippen molar-refractivity contribution in [2.45, 2.75) is 52.4 Å². The molecule has 0 saturated carbocycles. The largest absolute Gasteiger partial charge is 0.491 e. The molecule has 1 aliphatic heterocycles. The molecule has 1 aliphatic rings. The van der Waals surface area contributed by atoms with E-state index < -0.39 is 0 Å². The topological polar surface area (TPSA) is 74.4 Å². The zero-order valence-corrected chi connectivity index (χ0v) is 17.7. The minimum Gasteiger partial charge on any atom is -0.491 e. The van der Waals surface area contributed by atoms with Gasteiger partial charge < -0.3 is 19.9 Å². The van der Waals surface area contributed by atoms with Crippen LogP contribution in [0.1, 0.15) is 61.4 Å². The van der Waals surface area contributed by atoms with E-state index in [1.165, 1.54) is 19.3 Å². The number of nitrogens with one attached hydrogen (secondary N) is 2. The summed E-state index contributed by atoms with van der Waals surface area (Å²) in [6, 6.07) is 5.56. The lowest BCUT2D eigenvalue weighted by Gasteiger charge is -2.26. The molecule has 1 amide bonds. The van der Waals surface area contributed by atoms with Crippen LogP contribution in [0.15, 0.2) is 23.0 Å². The van der Waals surface area contributed by atoms with Gasteiger partial charge in [-0.2, -0.15) is 0 Å². The van der Waals surface area contributed by atoms with Gasteiger partial charge in [0.2, 0.25) is 0 Å². The molecule has 2 N–H and O–H groups in total. The Bertz CT molecular complexity index is 885. The Hall–Kier alpha value is -2.34. The Labute approximate surface area is 172 Å². The van der Waals surface area contributed by atoms with Crippen molar-refractivity contribution in [3.05, 3.63) is 39.7 Å². The molecule has 6 heteroatoms. The molecule has 29 heavy (non-hydrogen) atoms. The minimum atomic E-state index is -0.378. The fraction of sp³-hybridized carbons (Fsp3) is 0.565. The summed E-state index contributed by atoms with van der Waals surface area (Å²) >= 11 is 0. The Morgan fingerprint density at radius 1 is 1.21 bits per heavy atom. The van der Waals surface area contributed by atoms with E-state index in [2.05, 4.69) is 22.1 Å². The molecule has 0 aliphatic carbocycles. The van der Waals surface area contributed by atoms with E-state index in [1.807, 2.05) is 19.1 Å². The monoisotopic (exact) mass is 399 g/mol. The summed E-state index contributed by atoms with van der Waals surface area (Å²) in [5.74, 6) is 0.379. The average Bonchev–Trinajstić information content (AvgIpc) is 2.73. The number of likely N-dealkylation sites (tertiary alicyclic amines) is 1. The molecule has 0 bridgehead atoms. The lowest BCUT2D eigenvalue weighted by molar-refractivity contribution is 0.0945. The van der Waals surface area contributed by atoms with Crippen molar-refractivity contribution in [2.75, 3.05) is 32.8 Å². The van der Waals surface area contributed by atoms with Crippen molar-refractivity contribution in [3.8, 4) is 5.75 Å². The van der Waals surface area contributed by atoms with Gasteiger partial charge in [0.15, 0.2) is 0 Å². The number of amides is 1. The van der Waals surface area contributed by atoms with Gasteiger partial charge in [0.25, 0.3) is 11.5 Å². The SMILES string of the molecule is CCCCCOc1c(C)ccc2cc(C(=O)NCCN3CCCCC3)c(=O)[nH]c12. The van der Waals surface area contributed by atoms with E-state index >= 15 is 0 Å². The number of unbranched alkanes of at least 4 members (excludes halogenated alkanes) is 2. The maximum absolute atomic E-state index is 12.6. The van der Waals surface area contributed by atoms with Gasteiger partial charge in [0.05, 0.1) is 12.1 Å². The van der Waals surface area contributed by atoms with Crippen molar-refractivity contribution >= 4 is 16.8 Å². The highest BCUT2D eigenvalue weighted by atomic mass is 16.5. The van der Waals surface area contributed by atoms with E-state index in [9.17, 15) is 9.59 Å². The lowest BCUT2D eigenvalue weighted by Crippen LogP contribution is -2.38. The maximum atomic E-state index is 12.6. The van der Waals surface area contributed by atoms with Crippen LogP contribution in [0.4, 0.5) is 0 Å². The number of carbonyl (C=O) groups is 1. The molecule has 0 radical (unpaired) electrons. The highest BCUT2D eigenvalue weighted by Crippen LogP contribution is 2.27. The van der Waals surface area contributed by atoms with Gasteiger partial charge in [-0.05, 0) is 50.9 Å². The second kappa shape index (κ2) is 10.4. The molecule has 2 aromatic rings. The summed E-state index contributed by atoms with van der Waals surface area (Å²) in [5, 5.41) is 3.70. The Morgan fingerprint density at radius 3 is 2.76 bits per heavy atom. The summed E-state index contributed by atoms with van der Waals surface area (Å²) in [5.41, 5.74) is 1.41. The number of aryl methyl sites for hydroxylation is 1. The zero-order valence-electron chi connectivity index (χ0n) is 17.7. The number of rotatable bonds is 9. The molecular weight excluding hydrogens is 366 g/mol. The number of ether oxygens (including phenoxy) is 1. The van der Waals surface area contributed by atoms with Crippen LogP contribution in [-0.4, -0.2) is 48.6 Å². The van der Waals surface area contributed by atoms with Crippen LogP contribution in [0.25, 0.3) is 10.9 Å². The van der Waals surface area contributed by atoms with E-state index in [1.54, 1.807) is 6.07 Å². The van der Waals surface area contributed by atoms with E-state index in [4.69, 9.17) is 4.74 Å². The lowest BCUT2D eigenvalue weighted by atomic mass is 10.1. The predicted octanol–water partition coefficient (Wildman–Crippen LogP) is 3.62. The van der Waals surface area contributed by atoms with Crippen molar-refractivity contribution in [1.29, 1.82) is 0 Å². The van der Waals surface area contributed by atoms with Gasteiger partial charge in [0.1, 0.15) is 11.3 Å². The van der Waals surface area contributed by atoms with Gasteiger partial charge in [-0.3, -0.25) is 9.59 Å². The zero-order chi connectivity index (χ0) is 20.6. The Balaban J connectivity index is 1.70. The van der Waals surface area contributed by atoms with Crippen LogP contribution in [-0.2, 0) is 0 Å². The third kappa shape index (κ3) is 5.60. The van der Waals surface area contributed by atoms with E-state index in [0.717, 1.165) is 49.8 Å². The number of hydrogen-bond donors (Lipinski definition) is 2. The Kier molecular flexibility index (Phi) is 7.69. The number of fused-ring (bicyclic) bond motifs is 1. The molecule has 158 valence electrons. The van der Waals surface area contributed by atoms with Crippen LogP contribution in [0, 0.1) is 6.92 Å². The molecule has 1 saturated heterocycles. The minimum absolute atomic E-state index is 0.150. The van der Waals surface area contributed by atoms with Crippen LogP contribution in [0.2, 0.25) is 0 Å². The first-order valence-electron chi connectivity index (χ1n) is 10.9. The van der Waals surface area contributed by atoms with Crippen LogP contribution >= 0.6 is 0 Å². The fourth-order valence-electron chi connectivity index (χ4n) is 3.84. The van der Waals surface area contributed by atoms with Crippen molar-refractivity contribution in [1.82, 2.24) is 15.2 Å². The third-order valence-corrected chi connectivity index (χ3v) is 5.57. The molecule has 6 nitrogen and oxygen atoms in total. The second-order valence-electron chi connectivity index (χ2n) is 7.90. The number of piperidine rings is 1. The summed E-state index contributed by atoms with van der Waals surface area (Å²) < 4.78 is 5.96. The number of carbonyl (C=O) groups excluding carboxylic acids is 1. The summed E-state index contributed by atoms with van der Waals surface area (Å²) in [6.07, 6.45) is 6.96. The molecule has 1 aromatic carbocycles. The van der Waals surface area contributed by atoms with Crippen molar-refractivity contribution in [2.24, 2.45) is 0 Å². The number of aromatic nitrogens is 1. The maximum Gasteiger partial charge on any atom is 0.261 e. The molecule has 1 fully saturated rings. The first kappa shape index (κ1) is 21.4. The molecular formula is C23H33N3O3. The molecule has 0 atom stereocenters. The first-order chi connectivity index (χ1) is 14.1. The predicted molar refractivity (Wildman–Crippen MR) is 117 cm³/mol. The van der Waals surface area contributed by atoms with E-state index in [0.29, 0.717) is 24.4 Å². The molecule has 0 spiro atoms. The van der Waals surface area contributed by atoms with E-state index in [-0.39, 0.29) is 17.0 Å². The highest BCUT2D eigenvalue weighted by Gasteiger charge is 2.16.